The highest BCUT2D eigenvalue weighted by Crippen LogP contribution is 2.18. The highest BCUT2D eigenvalue weighted by Gasteiger charge is 2.26. The number of likely N-dealkylation sites (N-methyl/N-ethyl adjacent to an activating group) is 2. The van der Waals surface area contributed by atoms with E-state index in [1.165, 1.54) is 19.4 Å². The summed E-state index contributed by atoms with van der Waals surface area (Å²) >= 11 is 0. The molecule has 118 valence electrons. The van der Waals surface area contributed by atoms with Crippen molar-refractivity contribution in [3.05, 3.63) is 0 Å². The number of hydrogen-bond acceptors (Lipinski definition) is 4. The van der Waals surface area contributed by atoms with E-state index < -0.39 is 0 Å². The first-order valence-electron chi connectivity index (χ1n) is 7.91. The molecule has 5 heteroatoms. The summed E-state index contributed by atoms with van der Waals surface area (Å²) in [5.74, 6) is 0.0982. The van der Waals surface area contributed by atoms with Crippen molar-refractivity contribution >= 4 is 5.91 Å². The number of nitrogens with one attached hydrogen (secondary N) is 1. The summed E-state index contributed by atoms with van der Waals surface area (Å²) in [5.41, 5.74) is 5.86. The second kappa shape index (κ2) is 8.60. The molecule has 0 aliphatic carbocycles. The minimum absolute atomic E-state index is 0.0982. The molecule has 1 aliphatic heterocycles. The molecule has 1 saturated heterocycles. The molecule has 1 fully saturated rings. The van der Waals surface area contributed by atoms with Crippen molar-refractivity contribution in [2.24, 2.45) is 5.73 Å². The summed E-state index contributed by atoms with van der Waals surface area (Å²) in [6, 6.07) is 0.942. The Hall–Kier alpha value is -0.650. The maximum atomic E-state index is 11.9. The fourth-order valence-electron chi connectivity index (χ4n) is 3.01. The molecule has 0 aromatic heterocycles. The van der Waals surface area contributed by atoms with Crippen LogP contribution in [0.5, 0.6) is 0 Å². The number of carbonyl (C=O) groups is 1. The average Bonchev–Trinajstić information content (AvgIpc) is 2.82. The van der Waals surface area contributed by atoms with Gasteiger partial charge in [-0.25, -0.2) is 0 Å². The molecule has 1 aliphatic rings. The maximum absolute atomic E-state index is 11.9. The summed E-state index contributed by atoms with van der Waals surface area (Å²) < 4.78 is 0. The predicted octanol–water partition coefficient (Wildman–Crippen LogP) is 0.645. The molecule has 0 aromatic rings. The molecule has 0 saturated carbocycles. The maximum Gasteiger partial charge on any atom is 0.221 e. The molecule has 2 atom stereocenters. The number of nitrogens with zero attached hydrogens (tertiary/aromatic N) is 2. The third-order valence-electron chi connectivity index (χ3n) is 4.17. The first-order chi connectivity index (χ1) is 9.47. The lowest BCUT2D eigenvalue weighted by atomic mass is 10.1. The van der Waals surface area contributed by atoms with Gasteiger partial charge in [0.15, 0.2) is 0 Å². The predicted molar refractivity (Wildman–Crippen MR) is 83.6 cm³/mol. The van der Waals surface area contributed by atoms with Crippen molar-refractivity contribution in [1.82, 2.24) is 15.1 Å². The largest absolute Gasteiger partial charge is 0.354 e. The topological polar surface area (TPSA) is 61.6 Å². The number of rotatable bonds is 8. The molecule has 1 rings (SSSR count). The van der Waals surface area contributed by atoms with Gasteiger partial charge in [-0.15, -0.1) is 0 Å². The van der Waals surface area contributed by atoms with Gasteiger partial charge in [0.25, 0.3) is 0 Å². The van der Waals surface area contributed by atoms with Gasteiger partial charge >= 0.3 is 0 Å². The second-order valence-corrected chi connectivity index (χ2v) is 6.18. The molecule has 0 radical (unpaired) electrons. The molecular formula is C15H32N4O. The van der Waals surface area contributed by atoms with Crippen LogP contribution in [0.4, 0.5) is 0 Å². The number of carbonyl (C=O) groups excluding carboxylic acids is 1. The zero-order chi connectivity index (χ0) is 15.1. The zero-order valence-corrected chi connectivity index (χ0v) is 13.6. The van der Waals surface area contributed by atoms with Crippen LogP contribution in [0.1, 0.15) is 40.0 Å². The van der Waals surface area contributed by atoms with Crippen molar-refractivity contribution in [3.8, 4) is 0 Å². The number of amides is 1. The highest BCUT2D eigenvalue weighted by atomic mass is 16.1. The number of hydrogen-bond donors (Lipinski definition) is 2. The van der Waals surface area contributed by atoms with E-state index in [1.807, 2.05) is 13.8 Å². The van der Waals surface area contributed by atoms with Crippen LogP contribution in [-0.4, -0.2) is 67.1 Å². The van der Waals surface area contributed by atoms with Crippen LogP contribution in [-0.2, 0) is 4.79 Å². The van der Waals surface area contributed by atoms with E-state index in [-0.39, 0.29) is 18.0 Å². The summed E-state index contributed by atoms with van der Waals surface area (Å²) in [6.45, 7) is 10.0. The van der Waals surface area contributed by atoms with Crippen LogP contribution in [0.15, 0.2) is 0 Å². The van der Waals surface area contributed by atoms with Crippen LogP contribution in [0.25, 0.3) is 0 Å². The minimum Gasteiger partial charge on any atom is -0.354 e. The van der Waals surface area contributed by atoms with Gasteiger partial charge in [-0.3, -0.25) is 9.69 Å². The lowest BCUT2D eigenvalue weighted by Crippen LogP contribution is -2.47. The molecule has 0 aromatic carbocycles. The first-order valence-corrected chi connectivity index (χ1v) is 7.91. The average molecular weight is 284 g/mol. The lowest BCUT2D eigenvalue weighted by molar-refractivity contribution is -0.122. The zero-order valence-electron chi connectivity index (χ0n) is 13.6. The van der Waals surface area contributed by atoms with E-state index in [4.69, 9.17) is 5.73 Å². The summed E-state index contributed by atoms with van der Waals surface area (Å²) in [6.07, 6.45) is 3.03. The van der Waals surface area contributed by atoms with E-state index >= 15 is 0 Å². The van der Waals surface area contributed by atoms with Gasteiger partial charge in [-0.2, -0.15) is 0 Å². The standard InChI is InChI=1S/C15H32N4O/c1-5-19-8-6-7-13(19)11-18(4)14(10-16)9-15(20)17-12(2)3/h12-14H,5-11,16H2,1-4H3,(H,17,20). The Morgan fingerprint density at radius 1 is 1.50 bits per heavy atom. The number of nitrogens with two attached hydrogens (primary N) is 1. The quantitative estimate of drug-likeness (QED) is 0.687. The van der Waals surface area contributed by atoms with E-state index in [9.17, 15) is 4.79 Å². The van der Waals surface area contributed by atoms with Gasteiger partial charge in [-0.1, -0.05) is 6.92 Å². The summed E-state index contributed by atoms with van der Waals surface area (Å²) in [4.78, 5) is 16.7. The normalized spacial score (nSPS) is 21.6. The molecule has 1 amide bonds. The molecule has 3 N–H and O–H groups in total. The lowest BCUT2D eigenvalue weighted by Gasteiger charge is -2.32. The van der Waals surface area contributed by atoms with E-state index in [0.29, 0.717) is 19.0 Å². The van der Waals surface area contributed by atoms with E-state index in [2.05, 4.69) is 29.1 Å². The third kappa shape index (κ3) is 5.38. The van der Waals surface area contributed by atoms with Crippen molar-refractivity contribution in [3.63, 3.8) is 0 Å². The van der Waals surface area contributed by atoms with Crippen LogP contribution >= 0.6 is 0 Å². The van der Waals surface area contributed by atoms with Crippen molar-refractivity contribution in [2.75, 3.05) is 33.2 Å². The number of likely N-dealkylation sites (tertiary alicyclic amines) is 1. The molecule has 1 heterocycles. The Labute approximate surface area is 123 Å². The smallest absolute Gasteiger partial charge is 0.221 e. The van der Waals surface area contributed by atoms with Gasteiger partial charge in [0.05, 0.1) is 0 Å². The van der Waals surface area contributed by atoms with Crippen LogP contribution in [0.3, 0.4) is 0 Å². The summed E-state index contributed by atoms with van der Waals surface area (Å²) in [5, 5.41) is 2.94. The fraction of sp³-hybridized carbons (Fsp3) is 0.933. The summed E-state index contributed by atoms with van der Waals surface area (Å²) in [7, 11) is 2.09. The van der Waals surface area contributed by atoms with Crippen molar-refractivity contribution in [2.45, 2.75) is 58.2 Å². The van der Waals surface area contributed by atoms with Gasteiger partial charge < -0.3 is 16.0 Å². The van der Waals surface area contributed by atoms with Crippen LogP contribution in [0.2, 0.25) is 0 Å². The van der Waals surface area contributed by atoms with E-state index in [0.717, 1.165) is 13.1 Å². The molecule has 0 bridgehead atoms. The second-order valence-electron chi connectivity index (χ2n) is 6.18. The first kappa shape index (κ1) is 17.4. The monoisotopic (exact) mass is 284 g/mol. The minimum atomic E-state index is 0.0982. The third-order valence-corrected chi connectivity index (χ3v) is 4.17. The Kier molecular flexibility index (Phi) is 7.48. The van der Waals surface area contributed by atoms with Gasteiger partial charge in [0.1, 0.15) is 0 Å². The molecule has 0 spiro atoms. The Morgan fingerprint density at radius 3 is 2.75 bits per heavy atom. The Balaban J connectivity index is 2.45. The van der Waals surface area contributed by atoms with Crippen LogP contribution in [0, 0.1) is 0 Å². The van der Waals surface area contributed by atoms with Crippen molar-refractivity contribution < 1.29 is 4.79 Å². The highest BCUT2D eigenvalue weighted by molar-refractivity contribution is 5.76. The van der Waals surface area contributed by atoms with Crippen LogP contribution < -0.4 is 11.1 Å². The Morgan fingerprint density at radius 2 is 2.20 bits per heavy atom. The molecule has 2 unspecified atom stereocenters. The van der Waals surface area contributed by atoms with Gasteiger partial charge in [0.2, 0.25) is 5.91 Å². The van der Waals surface area contributed by atoms with E-state index in [1.54, 1.807) is 0 Å². The molecular weight excluding hydrogens is 252 g/mol. The molecule has 5 nitrogen and oxygen atoms in total. The van der Waals surface area contributed by atoms with Crippen molar-refractivity contribution in [1.29, 1.82) is 0 Å². The SMILES string of the molecule is CCN1CCCC1CN(C)C(CN)CC(=O)NC(C)C. The van der Waals surface area contributed by atoms with Gasteiger partial charge in [0, 0.05) is 37.6 Å². The van der Waals surface area contributed by atoms with Gasteiger partial charge in [-0.05, 0) is 46.8 Å². The fourth-order valence-corrected chi connectivity index (χ4v) is 3.01. The Bertz CT molecular complexity index is 296. The molecule has 20 heavy (non-hydrogen) atoms.